The van der Waals surface area contributed by atoms with E-state index in [2.05, 4.69) is 4.98 Å². The van der Waals surface area contributed by atoms with Crippen LogP contribution in [0.25, 0.3) is 0 Å². The van der Waals surface area contributed by atoms with E-state index in [4.69, 9.17) is 15.2 Å². The third kappa shape index (κ3) is 2.87. The second kappa shape index (κ2) is 5.21. The van der Waals surface area contributed by atoms with Crippen molar-refractivity contribution in [1.82, 2.24) is 4.98 Å². The monoisotopic (exact) mass is 230 g/mol. The highest BCUT2D eigenvalue weighted by Crippen LogP contribution is 2.29. The fourth-order valence-electron chi connectivity index (χ4n) is 1.45. The maximum atomic E-state index is 5.66. The summed E-state index contributed by atoms with van der Waals surface area (Å²) in [5, 5.41) is 0. The molecule has 0 spiro atoms. The van der Waals surface area contributed by atoms with E-state index in [1.54, 1.807) is 37.7 Å². The van der Waals surface area contributed by atoms with Crippen LogP contribution in [-0.4, -0.2) is 12.1 Å². The van der Waals surface area contributed by atoms with Crippen molar-refractivity contribution in [2.75, 3.05) is 12.8 Å². The summed E-state index contributed by atoms with van der Waals surface area (Å²) in [5.41, 5.74) is 7.32. The molecule has 2 rings (SSSR count). The Morgan fingerprint density at radius 3 is 2.82 bits per heavy atom. The molecule has 2 N–H and O–H groups in total. The Morgan fingerprint density at radius 1 is 1.24 bits per heavy atom. The van der Waals surface area contributed by atoms with Gasteiger partial charge in [0.1, 0.15) is 6.61 Å². The zero-order valence-corrected chi connectivity index (χ0v) is 9.59. The largest absolute Gasteiger partial charge is 0.493 e. The molecule has 0 bridgehead atoms. The van der Waals surface area contributed by atoms with Gasteiger partial charge in [-0.25, -0.2) is 0 Å². The number of aromatic nitrogens is 1. The highest BCUT2D eigenvalue weighted by atomic mass is 16.5. The number of benzene rings is 1. The molecule has 4 heteroatoms. The van der Waals surface area contributed by atoms with E-state index in [0.29, 0.717) is 23.8 Å². The second-order valence-corrected chi connectivity index (χ2v) is 3.56. The lowest BCUT2D eigenvalue weighted by Gasteiger charge is -2.10. The van der Waals surface area contributed by atoms with Crippen molar-refractivity contribution in [2.24, 2.45) is 0 Å². The lowest BCUT2D eigenvalue weighted by molar-refractivity contribution is 0.284. The molecule has 4 nitrogen and oxygen atoms in total. The van der Waals surface area contributed by atoms with Gasteiger partial charge in [-0.05, 0) is 18.2 Å². The van der Waals surface area contributed by atoms with Crippen LogP contribution >= 0.6 is 0 Å². The molecule has 0 atom stereocenters. The van der Waals surface area contributed by atoms with Crippen molar-refractivity contribution in [2.45, 2.75) is 6.61 Å². The number of nitrogens with zero attached hydrogens (tertiary/aromatic N) is 1. The zero-order chi connectivity index (χ0) is 12.1. The highest BCUT2D eigenvalue weighted by molar-refractivity contribution is 5.51. The van der Waals surface area contributed by atoms with Crippen molar-refractivity contribution in [3.8, 4) is 11.5 Å². The Hall–Kier alpha value is -2.23. The number of pyridine rings is 1. The first-order valence-electron chi connectivity index (χ1n) is 5.25. The van der Waals surface area contributed by atoms with E-state index in [-0.39, 0.29) is 0 Å². The Morgan fingerprint density at radius 2 is 2.12 bits per heavy atom. The van der Waals surface area contributed by atoms with Crippen LogP contribution in [-0.2, 0) is 6.61 Å². The van der Waals surface area contributed by atoms with E-state index in [0.717, 1.165) is 5.56 Å². The van der Waals surface area contributed by atoms with Gasteiger partial charge in [-0.3, -0.25) is 4.98 Å². The molecule has 0 unspecified atom stereocenters. The molecule has 0 saturated heterocycles. The van der Waals surface area contributed by atoms with Crippen LogP contribution in [0, 0.1) is 0 Å². The molecule has 2 aromatic rings. The summed E-state index contributed by atoms with van der Waals surface area (Å²) in [7, 11) is 1.59. The van der Waals surface area contributed by atoms with E-state index in [1.807, 2.05) is 12.1 Å². The molecule has 1 aromatic carbocycles. The van der Waals surface area contributed by atoms with Crippen LogP contribution in [0.1, 0.15) is 5.56 Å². The molecule has 0 saturated carbocycles. The average molecular weight is 230 g/mol. The molecule has 1 heterocycles. The number of nitrogen functional groups attached to an aromatic ring is 1. The van der Waals surface area contributed by atoms with Gasteiger partial charge in [-0.2, -0.15) is 0 Å². The van der Waals surface area contributed by atoms with Crippen LogP contribution in [0.4, 0.5) is 5.69 Å². The second-order valence-electron chi connectivity index (χ2n) is 3.56. The first kappa shape index (κ1) is 11.3. The van der Waals surface area contributed by atoms with Crippen molar-refractivity contribution < 1.29 is 9.47 Å². The Kier molecular flexibility index (Phi) is 3.45. The molecule has 0 radical (unpaired) electrons. The molecular weight excluding hydrogens is 216 g/mol. The normalized spacial score (nSPS) is 9.94. The van der Waals surface area contributed by atoms with Crippen LogP contribution in [0.2, 0.25) is 0 Å². The SMILES string of the molecule is COc1cc(N)ccc1OCc1cccnc1. The van der Waals surface area contributed by atoms with Crippen LogP contribution in [0.3, 0.4) is 0 Å². The minimum Gasteiger partial charge on any atom is -0.493 e. The summed E-state index contributed by atoms with van der Waals surface area (Å²) in [4.78, 5) is 4.02. The predicted molar refractivity (Wildman–Crippen MR) is 66.0 cm³/mol. The van der Waals surface area contributed by atoms with Crippen LogP contribution in [0.15, 0.2) is 42.7 Å². The van der Waals surface area contributed by atoms with Crippen LogP contribution < -0.4 is 15.2 Å². The topological polar surface area (TPSA) is 57.4 Å². The molecule has 1 aromatic heterocycles. The fourth-order valence-corrected chi connectivity index (χ4v) is 1.45. The van der Waals surface area contributed by atoms with Crippen LogP contribution in [0.5, 0.6) is 11.5 Å². The smallest absolute Gasteiger partial charge is 0.162 e. The summed E-state index contributed by atoms with van der Waals surface area (Å²) in [5.74, 6) is 1.31. The van der Waals surface area contributed by atoms with Crippen molar-refractivity contribution in [1.29, 1.82) is 0 Å². The van der Waals surface area contributed by atoms with E-state index in [1.165, 1.54) is 0 Å². The number of anilines is 1. The van der Waals surface area contributed by atoms with Crippen molar-refractivity contribution in [3.63, 3.8) is 0 Å². The highest BCUT2D eigenvalue weighted by Gasteiger charge is 2.04. The van der Waals surface area contributed by atoms with Gasteiger partial charge in [-0.15, -0.1) is 0 Å². The Bertz CT molecular complexity index is 486. The number of nitrogens with two attached hydrogens (primary N) is 1. The summed E-state index contributed by atoms with van der Waals surface area (Å²) in [6, 6.07) is 9.14. The summed E-state index contributed by atoms with van der Waals surface area (Å²) < 4.78 is 10.8. The van der Waals surface area contributed by atoms with Crippen molar-refractivity contribution >= 4 is 5.69 Å². The molecule has 88 valence electrons. The summed E-state index contributed by atoms with van der Waals surface area (Å²) in [6.07, 6.45) is 3.50. The maximum absolute atomic E-state index is 5.66. The third-order valence-electron chi connectivity index (χ3n) is 2.30. The molecule has 17 heavy (non-hydrogen) atoms. The predicted octanol–water partition coefficient (Wildman–Crippen LogP) is 2.25. The molecule has 0 aliphatic heterocycles. The number of hydrogen-bond donors (Lipinski definition) is 1. The molecule has 0 aliphatic carbocycles. The summed E-state index contributed by atoms with van der Waals surface area (Å²) in [6.45, 7) is 0.452. The van der Waals surface area contributed by atoms with Crippen molar-refractivity contribution in [3.05, 3.63) is 48.3 Å². The number of hydrogen-bond acceptors (Lipinski definition) is 4. The lowest BCUT2D eigenvalue weighted by atomic mass is 10.2. The fraction of sp³-hybridized carbons (Fsp3) is 0.154. The van der Waals surface area contributed by atoms with Gasteiger partial charge in [0.2, 0.25) is 0 Å². The minimum atomic E-state index is 0.452. The Labute approximate surface area is 100 Å². The Balaban J connectivity index is 2.09. The minimum absolute atomic E-state index is 0.452. The van der Waals surface area contributed by atoms with Gasteiger partial charge in [-0.1, -0.05) is 6.07 Å². The molecule has 0 fully saturated rings. The third-order valence-corrected chi connectivity index (χ3v) is 2.30. The molecular formula is C13H14N2O2. The first-order valence-corrected chi connectivity index (χ1v) is 5.25. The standard InChI is InChI=1S/C13H14N2O2/c1-16-13-7-11(14)4-5-12(13)17-9-10-3-2-6-15-8-10/h2-8H,9,14H2,1H3. The van der Waals surface area contributed by atoms with Gasteiger partial charge < -0.3 is 15.2 Å². The average Bonchev–Trinajstić information content (AvgIpc) is 2.38. The lowest BCUT2D eigenvalue weighted by Crippen LogP contribution is -1.98. The van der Waals surface area contributed by atoms with E-state index >= 15 is 0 Å². The number of rotatable bonds is 4. The zero-order valence-electron chi connectivity index (χ0n) is 9.59. The van der Waals surface area contributed by atoms with Gasteiger partial charge in [0, 0.05) is 29.7 Å². The molecule has 0 aliphatic rings. The van der Waals surface area contributed by atoms with Gasteiger partial charge in [0.05, 0.1) is 7.11 Å². The maximum Gasteiger partial charge on any atom is 0.162 e. The van der Waals surface area contributed by atoms with Gasteiger partial charge >= 0.3 is 0 Å². The van der Waals surface area contributed by atoms with E-state index in [9.17, 15) is 0 Å². The molecule has 0 amide bonds. The number of ether oxygens (including phenoxy) is 2. The first-order chi connectivity index (χ1) is 8.29. The van der Waals surface area contributed by atoms with Gasteiger partial charge in [0.25, 0.3) is 0 Å². The summed E-state index contributed by atoms with van der Waals surface area (Å²) >= 11 is 0. The number of methoxy groups -OCH3 is 1. The van der Waals surface area contributed by atoms with Gasteiger partial charge in [0.15, 0.2) is 11.5 Å². The van der Waals surface area contributed by atoms with E-state index < -0.39 is 0 Å². The quantitative estimate of drug-likeness (QED) is 0.818.